The van der Waals surface area contributed by atoms with E-state index in [0.29, 0.717) is 17.9 Å². The number of rotatable bonds is 4. The molecule has 0 amide bonds. The van der Waals surface area contributed by atoms with Gasteiger partial charge < -0.3 is 0 Å². The van der Waals surface area contributed by atoms with Gasteiger partial charge in [0.2, 0.25) is 0 Å². The number of aryl methyl sites for hydroxylation is 1. The van der Waals surface area contributed by atoms with Crippen molar-refractivity contribution in [1.82, 2.24) is 9.88 Å². The summed E-state index contributed by atoms with van der Waals surface area (Å²) in [6.45, 7) is 2.97. The lowest BCUT2D eigenvalue weighted by atomic mass is 9.85. The number of piperidine rings is 1. The van der Waals surface area contributed by atoms with Gasteiger partial charge in [0, 0.05) is 42.0 Å². The van der Waals surface area contributed by atoms with Crippen LogP contribution in [-0.2, 0) is 6.54 Å². The van der Waals surface area contributed by atoms with Gasteiger partial charge in [-0.25, -0.2) is 0 Å². The molecule has 124 valence electrons. The molecule has 0 spiro atoms. The van der Waals surface area contributed by atoms with E-state index in [-0.39, 0.29) is 5.92 Å². The van der Waals surface area contributed by atoms with Crippen LogP contribution >= 0.6 is 0 Å². The minimum absolute atomic E-state index is 0.166. The molecule has 0 saturated carbocycles. The number of fused-ring (bicyclic) bond motifs is 2. The van der Waals surface area contributed by atoms with Gasteiger partial charge in [-0.1, -0.05) is 30.3 Å². The Morgan fingerprint density at radius 3 is 2.42 bits per heavy atom. The number of aromatic nitrogens is 1. The molecule has 3 nitrogen and oxygen atoms in total. The van der Waals surface area contributed by atoms with E-state index < -0.39 is 0 Å². The summed E-state index contributed by atoms with van der Waals surface area (Å²) >= 11 is 0. The number of benzene rings is 1. The predicted octanol–water partition coefficient (Wildman–Crippen LogP) is 4.02. The number of ketones is 1. The Kier molecular flexibility index (Phi) is 4.19. The third kappa shape index (κ3) is 3.01. The van der Waals surface area contributed by atoms with Crippen LogP contribution in [0.25, 0.3) is 0 Å². The first kappa shape index (κ1) is 15.5. The summed E-state index contributed by atoms with van der Waals surface area (Å²) in [6.07, 6.45) is 6.20. The molecular formula is C21H24N2O. The second kappa shape index (κ2) is 6.48. The van der Waals surface area contributed by atoms with Gasteiger partial charge in [0.1, 0.15) is 0 Å². The fourth-order valence-electron chi connectivity index (χ4n) is 4.39. The number of Topliss-reactive ketones (excluding diaryl/α,β-unsaturated/α-hetero) is 1. The molecule has 2 aromatic rings. The van der Waals surface area contributed by atoms with E-state index in [1.807, 2.05) is 19.1 Å². The maximum Gasteiger partial charge on any atom is 0.167 e. The van der Waals surface area contributed by atoms with Crippen molar-refractivity contribution in [3.05, 3.63) is 65.5 Å². The van der Waals surface area contributed by atoms with Crippen molar-refractivity contribution in [1.29, 1.82) is 0 Å². The Labute approximate surface area is 143 Å². The Morgan fingerprint density at radius 1 is 1.08 bits per heavy atom. The van der Waals surface area contributed by atoms with Crippen molar-refractivity contribution in [3.8, 4) is 0 Å². The molecule has 1 aromatic carbocycles. The van der Waals surface area contributed by atoms with E-state index >= 15 is 0 Å². The Hall–Kier alpha value is -2.00. The molecular weight excluding hydrogens is 296 g/mol. The van der Waals surface area contributed by atoms with Gasteiger partial charge in [0.25, 0.3) is 0 Å². The average molecular weight is 320 g/mol. The highest BCUT2D eigenvalue weighted by Gasteiger charge is 2.42. The van der Waals surface area contributed by atoms with Crippen LogP contribution in [0.3, 0.4) is 0 Å². The number of hydrogen-bond donors (Lipinski definition) is 0. The summed E-state index contributed by atoms with van der Waals surface area (Å²) in [5, 5.41) is 0. The third-order valence-corrected chi connectivity index (χ3v) is 5.66. The van der Waals surface area contributed by atoms with Crippen LogP contribution in [0.15, 0.2) is 48.7 Å². The maximum atomic E-state index is 12.8. The van der Waals surface area contributed by atoms with Crippen LogP contribution in [-0.4, -0.2) is 27.8 Å². The Morgan fingerprint density at radius 2 is 1.79 bits per heavy atom. The number of hydrogen-bond acceptors (Lipinski definition) is 3. The molecule has 3 heteroatoms. The first-order chi connectivity index (χ1) is 11.7. The zero-order valence-electron chi connectivity index (χ0n) is 14.2. The number of pyridine rings is 1. The molecule has 24 heavy (non-hydrogen) atoms. The SMILES string of the molecule is Cc1ccc(C(=O)C2CC3CCC(C2)N3Cc2ccccc2)cn1. The molecule has 2 aliphatic heterocycles. The van der Waals surface area contributed by atoms with Gasteiger partial charge in [-0.05, 0) is 50.3 Å². The molecule has 2 bridgehead atoms. The minimum atomic E-state index is 0.166. The minimum Gasteiger partial charge on any atom is -0.294 e. The highest BCUT2D eigenvalue weighted by Crippen LogP contribution is 2.40. The largest absolute Gasteiger partial charge is 0.294 e. The highest BCUT2D eigenvalue weighted by atomic mass is 16.1. The van der Waals surface area contributed by atoms with Gasteiger partial charge in [0.05, 0.1) is 0 Å². The fourth-order valence-corrected chi connectivity index (χ4v) is 4.39. The summed E-state index contributed by atoms with van der Waals surface area (Å²) in [5.74, 6) is 0.456. The molecule has 3 heterocycles. The van der Waals surface area contributed by atoms with Gasteiger partial charge in [0.15, 0.2) is 5.78 Å². The van der Waals surface area contributed by atoms with Crippen LogP contribution in [0.2, 0.25) is 0 Å². The molecule has 0 radical (unpaired) electrons. The van der Waals surface area contributed by atoms with E-state index in [1.54, 1.807) is 6.20 Å². The van der Waals surface area contributed by atoms with Crippen LogP contribution in [0.5, 0.6) is 0 Å². The van der Waals surface area contributed by atoms with Gasteiger partial charge in [-0.2, -0.15) is 0 Å². The maximum absolute atomic E-state index is 12.8. The first-order valence-electron chi connectivity index (χ1n) is 8.97. The first-order valence-corrected chi connectivity index (χ1v) is 8.97. The van der Waals surface area contributed by atoms with Gasteiger partial charge in [-0.3, -0.25) is 14.7 Å². The van der Waals surface area contributed by atoms with Gasteiger partial charge in [-0.15, -0.1) is 0 Å². The molecule has 2 unspecified atom stereocenters. The standard InChI is InChI=1S/C21H24N2O/c1-15-7-8-17(13-22-15)21(24)18-11-19-9-10-20(12-18)23(19)14-16-5-3-2-4-6-16/h2-8,13,18-20H,9-12,14H2,1H3. The second-order valence-electron chi connectivity index (χ2n) is 7.26. The van der Waals surface area contributed by atoms with Crippen LogP contribution in [0.4, 0.5) is 0 Å². The van der Waals surface area contributed by atoms with E-state index in [2.05, 4.69) is 40.2 Å². The smallest absolute Gasteiger partial charge is 0.167 e. The lowest BCUT2D eigenvalue weighted by Gasteiger charge is -2.38. The molecule has 4 rings (SSSR count). The molecule has 2 fully saturated rings. The summed E-state index contributed by atoms with van der Waals surface area (Å²) < 4.78 is 0. The normalized spacial score (nSPS) is 26.5. The van der Waals surface area contributed by atoms with Crippen molar-refractivity contribution in [2.24, 2.45) is 5.92 Å². The van der Waals surface area contributed by atoms with Crippen LogP contribution in [0, 0.1) is 12.8 Å². The quantitative estimate of drug-likeness (QED) is 0.798. The van der Waals surface area contributed by atoms with E-state index in [0.717, 1.165) is 30.6 Å². The van der Waals surface area contributed by atoms with E-state index in [4.69, 9.17) is 0 Å². The molecule has 2 saturated heterocycles. The van der Waals surface area contributed by atoms with Crippen molar-refractivity contribution in [2.45, 2.75) is 51.2 Å². The molecule has 1 aromatic heterocycles. The molecule has 2 atom stereocenters. The van der Waals surface area contributed by atoms with E-state index in [1.165, 1.54) is 18.4 Å². The highest BCUT2D eigenvalue weighted by molar-refractivity contribution is 5.97. The topological polar surface area (TPSA) is 33.2 Å². The van der Waals surface area contributed by atoms with Crippen molar-refractivity contribution >= 4 is 5.78 Å². The lowest BCUT2D eigenvalue weighted by molar-refractivity contribution is 0.0678. The Balaban J connectivity index is 1.46. The zero-order chi connectivity index (χ0) is 16.5. The summed E-state index contributed by atoms with van der Waals surface area (Å²) in [5.41, 5.74) is 3.12. The monoisotopic (exact) mass is 320 g/mol. The molecule has 0 aliphatic carbocycles. The number of carbonyl (C=O) groups is 1. The summed E-state index contributed by atoms with van der Waals surface area (Å²) in [4.78, 5) is 19.8. The summed E-state index contributed by atoms with van der Waals surface area (Å²) in [7, 11) is 0. The average Bonchev–Trinajstić information content (AvgIpc) is 2.84. The molecule has 2 aliphatic rings. The predicted molar refractivity (Wildman–Crippen MR) is 94.8 cm³/mol. The Bertz CT molecular complexity index is 696. The summed E-state index contributed by atoms with van der Waals surface area (Å²) in [6, 6.07) is 15.7. The van der Waals surface area contributed by atoms with Crippen molar-refractivity contribution in [3.63, 3.8) is 0 Å². The van der Waals surface area contributed by atoms with Crippen LogP contribution < -0.4 is 0 Å². The van der Waals surface area contributed by atoms with Gasteiger partial charge >= 0.3 is 0 Å². The lowest BCUT2D eigenvalue weighted by Crippen LogP contribution is -2.44. The fraction of sp³-hybridized carbons (Fsp3) is 0.429. The number of nitrogens with zero attached hydrogens (tertiary/aromatic N) is 2. The van der Waals surface area contributed by atoms with Crippen LogP contribution in [0.1, 0.15) is 47.3 Å². The molecule has 0 N–H and O–H groups in total. The van der Waals surface area contributed by atoms with Crippen molar-refractivity contribution < 1.29 is 4.79 Å². The second-order valence-corrected chi connectivity index (χ2v) is 7.26. The number of carbonyl (C=O) groups excluding carboxylic acids is 1. The van der Waals surface area contributed by atoms with Crippen molar-refractivity contribution in [2.75, 3.05) is 0 Å². The van der Waals surface area contributed by atoms with E-state index in [9.17, 15) is 4.79 Å². The third-order valence-electron chi connectivity index (χ3n) is 5.66. The zero-order valence-corrected chi connectivity index (χ0v) is 14.2.